The molecule has 2 heterocycles. The maximum Gasteiger partial charge on any atom is 0.186 e. The van der Waals surface area contributed by atoms with E-state index >= 15 is 0 Å². The van der Waals surface area contributed by atoms with E-state index < -0.39 is 23.3 Å². The zero-order chi connectivity index (χ0) is 20.4. The molecule has 1 aliphatic heterocycles. The molecule has 8 heteroatoms. The second kappa shape index (κ2) is 8.42. The zero-order valence-corrected chi connectivity index (χ0v) is 17.4. The van der Waals surface area contributed by atoms with Crippen LogP contribution in [0.1, 0.15) is 37.0 Å². The van der Waals surface area contributed by atoms with Gasteiger partial charge in [-0.3, -0.25) is 0 Å². The second-order valence-corrected chi connectivity index (χ2v) is 8.40. The summed E-state index contributed by atoms with van der Waals surface area (Å²) in [4.78, 5) is 4.32. The number of benzene rings is 2. The fraction of sp³-hybridized carbons (Fsp3) is 0.333. The Balaban J connectivity index is 1.70. The number of nitrogens with zero attached hydrogens (tertiary/aromatic N) is 3. The highest BCUT2D eigenvalue weighted by Crippen LogP contribution is 2.59. The smallest absolute Gasteiger partial charge is 0.186 e. The van der Waals surface area contributed by atoms with Crippen LogP contribution in [-0.2, 0) is 16.9 Å². The van der Waals surface area contributed by atoms with Crippen LogP contribution in [0, 0.1) is 11.6 Å². The quantitative estimate of drug-likeness (QED) is 0.256. The SMILES string of the molecule is CCCCSc1ncnn1CC1(c2ccc(F)cc2F)OC1c1ccccc1Cl. The van der Waals surface area contributed by atoms with Gasteiger partial charge in [-0.15, -0.1) is 0 Å². The Bertz CT molecular complexity index is 1020. The van der Waals surface area contributed by atoms with Crippen molar-refractivity contribution in [2.45, 2.75) is 43.2 Å². The van der Waals surface area contributed by atoms with Gasteiger partial charge in [-0.05, 0) is 18.6 Å². The molecule has 4 nitrogen and oxygen atoms in total. The third-order valence-corrected chi connectivity index (χ3v) is 6.37. The van der Waals surface area contributed by atoms with E-state index in [9.17, 15) is 8.78 Å². The van der Waals surface area contributed by atoms with Crippen LogP contribution >= 0.6 is 23.4 Å². The topological polar surface area (TPSA) is 43.2 Å². The number of epoxide rings is 1. The van der Waals surface area contributed by atoms with E-state index in [0.29, 0.717) is 5.02 Å². The lowest BCUT2D eigenvalue weighted by Crippen LogP contribution is -2.22. The van der Waals surface area contributed by atoms with Gasteiger partial charge in [0.15, 0.2) is 5.16 Å². The summed E-state index contributed by atoms with van der Waals surface area (Å²) < 4.78 is 36.1. The normalized spacial score (nSPS) is 20.8. The predicted molar refractivity (Wildman–Crippen MR) is 109 cm³/mol. The Morgan fingerprint density at radius 1 is 1.24 bits per heavy atom. The highest BCUT2D eigenvalue weighted by Gasteiger charge is 2.61. The number of halogens is 3. The molecule has 2 atom stereocenters. The number of unbranched alkanes of at least 4 members (excludes halogenated alkanes) is 1. The molecule has 29 heavy (non-hydrogen) atoms. The highest BCUT2D eigenvalue weighted by molar-refractivity contribution is 7.99. The van der Waals surface area contributed by atoms with Crippen LogP contribution in [0.25, 0.3) is 0 Å². The molecule has 0 bridgehead atoms. The van der Waals surface area contributed by atoms with Crippen molar-refractivity contribution in [1.82, 2.24) is 14.8 Å². The lowest BCUT2D eigenvalue weighted by molar-refractivity contribution is 0.250. The van der Waals surface area contributed by atoms with Crippen LogP contribution in [0.4, 0.5) is 8.78 Å². The summed E-state index contributed by atoms with van der Waals surface area (Å²) in [5, 5.41) is 5.60. The molecule has 0 radical (unpaired) electrons. The fourth-order valence-electron chi connectivity index (χ4n) is 3.43. The lowest BCUT2D eigenvalue weighted by Gasteiger charge is -2.16. The lowest BCUT2D eigenvalue weighted by atomic mass is 9.91. The average molecular weight is 436 g/mol. The number of ether oxygens (including phenoxy) is 1. The van der Waals surface area contributed by atoms with Crippen molar-refractivity contribution in [3.63, 3.8) is 0 Å². The molecule has 0 aliphatic carbocycles. The van der Waals surface area contributed by atoms with Crippen LogP contribution in [0.15, 0.2) is 53.9 Å². The minimum atomic E-state index is -1.03. The van der Waals surface area contributed by atoms with Gasteiger partial charge in [0.2, 0.25) is 0 Å². The van der Waals surface area contributed by atoms with Crippen molar-refractivity contribution in [3.05, 3.63) is 76.6 Å². The fourth-order valence-corrected chi connectivity index (χ4v) is 4.66. The van der Waals surface area contributed by atoms with E-state index in [-0.39, 0.29) is 12.1 Å². The summed E-state index contributed by atoms with van der Waals surface area (Å²) in [7, 11) is 0. The van der Waals surface area contributed by atoms with Gasteiger partial charge in [0, 0.05) is 28.0 Å². The minimum absolute atomic E-state index is 0.250. The molecular weight excluding hydrogens is 416 g/mol. The van der Waals surface area contributed by atoms with E-state index in [1.54, 1.807) is 22.5 Å². The first-order valence-corrected chi connectivity index (χ1v) is 10.8. The molecule has 0 amide bonds. The Morgan fingerprint density at radius 2 is 2.07 bits per heavy atom. The van der Waals surface area contributed by atoms with Crippen LogP contribution in [0.3, 0.4) is 0 Å². The molecule has 0 N–H and O–H groups in total. The number of rotatable bonds is 8. The number of aromatic nitrogens is 3. The van der Waals surface area contributed by atoms with Crippen molar-refractivity contribution in [3.8, 4) is 0 Å². The summed E-state index contributed by atoms with van der Waals surface area (Å²) >= 11 is 7.97. The minimum Gasteiger partial charge on any atom is -0.354 e. The number of hydrogen-bond acceptors (Lipinski definition) is 4. The standard InChI is InChI=1S/C21H20ClF2N3OS/c1-2-3-10-29-20-25-13-26-27(20)12-21(16-9-8-14(23)11-18(16)24)19(28-21)15-6-4-5-7-17(15)22/h4-9,11,13,19H,2-3,10,12H2,1H3. The van der Waals surface area contributed by atoms with E-state index in [1.165, 1.54) is 18.5 Å². The van der Waals surface area contributed by atoms with E-state index in [1.807, 2.05) is 18.2 Å². The first kappa shape index (κ1) is 20.3. The van der Waals surface area contributed by atoms with Crippen molar-refractivity contribution < 1.29 is 13.5 Å². The molecule has 2 aromatic carbocycles. The highest BCUT2D eigenvalue weighted by atomic mass is 35.5. The monoisotopic (exact) mass is 435 g/mol. The van der Waals surface area contributed by atoms with Gasteiger partial charge in [0.25, 0.3) is 0 Å². The molecule has 152 valence electrons. The predicted octanol–water partition coefficient (Wildman–Crippen LogP) is 5.77. The van der Waals surface area contributed by atoms with Gasteiger partial charge in [-0.25, -0.2) is 18.4 Å². The summed E-state index contributed by atoms with van der Waals surface area (Å²) in [5.41, 5.74) is 0.0123. The zero-order valence-electron chi connectivity index (χ0n) is 15.8. The first-order chi connectivity index (χ1) is 14.0. The summed E-state index contributed by atoms with van der Waals surface area (Å²) in [6.07, 6.45) is 3.17. The van der Waals surface area contributed by atoms with Crippen LogP contribution in [0.5, 0.6) is 0 Å². The van der Waals surface area contributed by atoms with Crippen molar-refractivity contribution in [1.29, 1.82) is 0 Å². The van der Waals surface area contributed by atoms with Crippen LogP contribution < -0.4 is 0 Å². The summed E-state index contributed by atoms with van der Waals surface area (Å²) in [6, 6.07) is 10.9. The Labute approximate surface area is 177 Å². The molecule has 1 saturated heterocycles. The van der Waals surface area contributed by atoms with Gasteiger partial charge in [0.05, 0.1) is 6.54 Å². The van der Waals surface area contributed by atoms with Gasteiger partial charge < -0.3 is 4.74 Å². The van der Waals surface area contributed by atoms with E-state index in [2.05, 4.69) is 17.0 Å². The molecular formula is C21H20ClF2N3OS. The molecule has 4 rings (SSSR count). The van der Waals surface area contributed by atoms with Gasteiger partial charge in [-0.2, -0.15) is 5.10 Å². The molecule has 1 aliphatic rings. The third kappa shape index (κ3) is 4.04. The van der Waals surface area contributed by atoms with Crippen molar-refractivity contribution in [2.75, 3.05) is 5.75 Å². The van der Waals surface area contributed by atoms with Crippen molar-refractivity contribution >= 4 is 23.4 Å². The maximum atomic E-state index is 14.7. The molecule has 0 saturated carbocycles. The van der Waals surface area contributed by atoms with Crippen LogP contribution in [-0.4, -0.2) is 20.5 Å². The van der Waals surface area contributed by atoms with E-state index in [0.717, 1.165) is 35.4 Å². The molecule has 3 aromatic rings. The Morgan fingerprint density at radius 3 is 2.83 bits per heavy atom. The molecule has 1 aromatic heterocycles. The van der Waals surface area contributed by atoms with Gasteiger partial charge in [0.1, 0.15) is 29.7 Å². The summed E-state index contributed by atoms with van der Waals surface area (Å²) in [6.45, 7) is 2.38. The van der Waals surface area contributed by atoms with Crippen LogP contribution in [0.2, 0.25) is 5.02 Å². The van der Waals surface area contributed by atoms with Gasteiger partial charge in [-0.1, -0.05) is 61.0 Å². The van der Waals surface area contributed by atoms with Gasteiger partial charge >= 0.3 is 0 Å². The first-order valence-electron chi connectivity index (χ1n) is 9.43. The number of hydrogen-bond donors (Lipinski definition) is 0. The average Bonchev–Trinajstić information content (AvgIpc) is 3.23. The van der Waals surface area contributed by atoms with Crippen molar-refractivity contribution in [2.24, 2.45) is 0 Å². The Hall–Kier alpha value is -1.96. The third-order valence-electron chi connectivity index (χ3n) is 4.96. The molecule has 1 fully saturated rings. The Kier molecular flexibility index (Phi) is 5.90. The second-order valence-electron chi connectivity index (χ2n) is 6.94. The largest absolute Gasteiger partial charge is 0.354 e. The van der Waals surface area contributed by atoms with E-state index in [4.69, 9.17) is 16.3 Å². The maximum absolute atomic E-state index is 14.7. The molecule has 2 unspecified atom stereocenters. The summed E-state index contributed by atoms with van der Waals surface area (Å²) in [5.74, 6) is -0.366. The number of thioether (sulfide) groups is 1. The molecule has 0 spiro atoms.